The van der Waals surface area contributed by atoms with Crippen LogP contribution < -0.4 is 4.74 Å². The van der Waals surface area contributed by atoms with Crippen LogP contribution in [0.1, 0.15) is 5.56 Å². The monoisotopic (exact) mass is 335 g/mol. The average molecular weight is 336 g/mol. The number of ether oxygens (including phenoxy) is 1. The molecule has 0 fully saturated rings. The van der Waals surface area contributed by atoms with Gasteiger partial charge in [-0.25, -0.2) is 9.37 Å². The van der Waals surface area contributed by atoms with Crippen molar-refractivity contribution in [2.24, 2.45) is 0 Å². The fourth-order valence-corrected chi connectivity index (χ4v) is 1.52. The van der Waals surface area contributed by atoms with E-state index in [2.05, 4.69) is 20.9 Å². The van der Waals surface area contributed by atoms with Crippen LogP contribution in [0.15, 0.2) is 41.0 Å². The van der Waals surface area contributed by atoms with Crippen LogP contribution in [0.5, 0.6) is 11.6 Å². The normalized spacial score (nSPS) is 11.4. The molecule has 0 N–H and O–H groups in total. The molecule has 2 rings (SSSR count). The molecule has 0 bridgehead atoms. The van der Waals surface area contributed by atoms with Gasteiger partial charge in [-0.1, -0.05) is 0 Å². The van der Waals surface area contributed by atoms with Gasteiger partial charge in [-0.15, -0.1) is 0 Å². The predicted octanol–water partition coefficient (Wildman–Crippen LogP) is 4.79. The third kappa shape index (κ3) is 3.44. The van der Waals surface area contributed by atoms with Crippen LogP contribution in [0.4, 0.5) is 17.6 Å². The van der Waals surface area contributed by atoms with Crippen molar-refractivity contribution < 1.29 is 22.3 Å². The Bertz CT molecular complexity index is 583. The lowest BCUT2D eigenvalue weighted by atomic mass is 10.3. The Morgan fingerprint density at radius 1 is 1.11 bits per heavy atom. The van der Waals surface area contributed by atoms with Crippen LogP contribution in [0.2, 0.25) is 0 Å². The second-order valence-electron chi connectivity index (χ2n) is 3.56. The summed E-state index contributed by atoms with van der Waals surface area (Å²) >= 11 is 2.97. The van der Waals surface area contributed by atoms with Crippen LogP contribution in [0, 0.1) is 5.82 Å². The maximum absolute atomic E-state index is 13.2. The summed E-state index contributed by atoms with van der Waals surface area (Å²) in [5.41, 5.74) is -0.873. The summed E-state index contributed by atoms with van der Waals surface area (Å²) in [4.78, 5) is 3.52. The molecule has 1 heterocycles. The minimum Gasteiger partial charge on any atom is -0.439 e. The van der Waals surface area contributed by atoms with E-state index in [1.807, 2.05) is 0 Å². The van der Waals surface area contributed by atoms with Gasteiger partial charge in [-0.05, 0) is 34.1 Å². The Labute approximate surface area is 114 Å². The molecular weight excluding hydrogens is 330 g/mol. The topological polar surface area (TPSA) is 22.1 Å². The SMILES string of the molecule is Fc1cc(Oc2ccc(C(F)(F)F)cn2)ccc1Br. The number of aromatic nitrogens is 1. The van der Waals surface area contributed by atoms with E-state index < -0.39 is 17.6 Å². The van der Waals surface area contributed by atoms with Gasteiger partial charge in [-0.3, -0.25) is 0 Å². The number of hydrogen-bond donors (Lipinski definition) is 0. The van der Waals surface area contributed by atoms with Crippen molar-refractivity contribution in [3.8, 4) is 11.6 Å². The first-order valence-electron chi connectivity index (χ1n) is 5.02. The van der Waals surface area contributed by atoms with Crippen molar-refractivity contribution in [3.63, 3.8) is 0 Å². The zero-order valence-corrected chi connectivity index (χ0v) is 10.8. The van der Waals surface area contributed by atoms with Crippen LogP contribution in [0.25, 0.3) is 0 Å². The highest BCUT2D eigenvalue weighted by molar-refractivity contribution is 9.10. The summed E-state index contributed by atoms with van der Waals surface area (Å²) in [7, 11) is 0. The molecule has 100 valence electrons. The zero-order valence-electron chi connectivity index (χ0n) is 9.21. The summed E-state index contributed by atoms with van der Waals surface area (Å²) in [6.45, 7) is 0. The quantitative estimate of drug-likeness (QED) is 0.736. The molecule has 2 nitrogen and oxygen atoms in total. The van der Waals surface area contributed by atoms with Crippen molar-refractivity contribution in [1.82, 2.24) is 4.98 Å². The van der Waals surface area contributed by atoms with Crippen molar-refractivity contribution >= 4 is 15.9 Å². The number of rotatable bonds is 2. The highest BCUT2D eigenvalue weighted by Crippen LogP contribution is 2.30. The Morgan fingerprint density at radius 2 is 1.84 bits per heavy atom. The molecule has 0 aliphatic rings. The number of nitrogens with zero attached hydrogens (tertiary/aromatic N) is 1. The summed E-state index contributed by atoms with van der Waals surface area (Å²) in [5.74, 6) is -0.438. The lowest BCUT2D eigenvalue weighted by molar-refractivity contribution is -0.137. The van der Waals surface area contributed by atoms with Crippen molar-refractivity contribution in [1.29, 1.82) is 0 Å². The van der Waals surface area contributed by atoms with Crippen LogP contribution in [-0.2, 0) is 6.18 Å². The smallest absolute Gasteiger partial charge is 0.417 e. The van der Waals surface area contributed by atoms with E-state index in [0.717, 1.165) is 18.2 Å². The molecule has 2 aromatic rings. The first-order valence-corrected chi connectivity index (χ1v) is 5.82. The van der Waals surface area contributed by atoms with Crippen LogP contribution >= 0.6 is 15.9 Å². The molecule has 0 spiro atoms. The van der Waals surface area contributed by atoms with E-state index in [4.69, 9.17) is 4.74 Å². The first kappa shape index (κ1) is 13.8. The zero-order chi connectivity index (χ0) is 14.0. The van der Waals surface area contributed by atoms with E-state index in [9.17, 15) is 17.6 Å². The predicted molar refractivity (Wildman–Crippen MR) is 63.4 cm³/mol. The molecule has 0 aliphatic heterocycles. The van der Waals surface area contributed by atoms with Gasteiger partial charge in [0.2, 0.25) is 5.88 Å². The summed E-state index contributed by atoms with van der Waals surface area (Å²) in [6.07, 6.45) is -3.79. The Hall–Kier alpha value is -1.63. The summed E-state index contributed by atoms with van der Waals surface area (Å²) in [5, 5.41) is 0. The molecule has 0 radical (unpaired) electrons. The van der Waals surface area contributed by atoms with E-state index in [1.54, 1.807) is 0 Å². The molecular formula is C12H6BrF4NO. The molecule has 0 amide bonds. The van der Waals surface area contributed by atoms with E-state index >= 15 is 0 Å². The second kappa shape index (κ2) is 5.16. The molecule has 0 atom stereocenters. The number of alkyl halides is 3. The Balaban J connectivity index is 2.17. The standard InChI is InChI=1S/C12H6BrF4NO/c13-9-3-2-8(5-10(9)14)19-11-4-1-7(6-18-11)12(15,16)17/h1-6H. The highest BCUT2D eigenvalue weighted by Gasteiger charge is 2.30. The van der Waals surface area contributed by atoms with Gasteiger partial charge in [0.1, 0.15) is 11.6 Å². The van der Waals surface area contributed by atoms with Crippen molar-refractivity contribution in [2.75, 3.05) is 0 Å². The largest absolute Gasteiger partial charge is 0.439 e. The number of benzene rings is 1. The Morgan fingerprint density at radius 3 is 2.37 bits per heavy atom. The van der Waals surface area contributed by atoms with Gasteiger partial charge in [0, 0.05) is 18.3 Å². The molecule has 0 saturated heterocycles. The van der Waals surface area contributed by atoms with Crippen LogP contribution in [0.3, 0.4) is 0 Å². The van der Waals surface area contributed by atoms with E-state index in [-0.39, 0.29) is 16.1 Å². The van der Waals surface area contributed by atoms with Gasteiger partial charge in [0.05, 0.1) is 10.0 Å². The highest BCUT2D eigenvalue weighted by atomic mass is 79.9. The fourth-order valence-electron chi connectivity index (χ4n) is 1.27. The van der Waals surface area contributed by atoms with Gasteiger partial charge in [-0.2, -0.15) is 13.2 Å². The molecule has 19 heavy (non-hydrogen) atoms. The number of pyridine rings is 1. The van der Waals surface area contributed by atoms with Crippen molar-refractivity contribution in [3.05, 3.63) is 52.4 Å². The maximum Gasteiger partial charge on any atom is 0.417 e. The number of hydrogen-bond acceptors (Lipinski definition) is 2. The van der Waals surface area contributed by atoms with Crippen LogP contribution in [-0.4, -0.2) is 4.98 Å². The molecule has 0 aliphatic carbocycles. The lowest BCUT2D eigenvalue weighted by Crippen LogP contribution is -2.05. The van der Waals surface area contributed by atoms with Gasteiger partial charge in [0.15, 0.2) is 0 Å². The fraction of sp³-hybridized carbons (Fsp3) is 0.0833. The van der Waals surface area contributed by atoms with Gasteiger partial charge >= 0.3 is 6.18 Å². The van der Waals surface area contributed by atoms with Gasteiger partial charge in [0.25, 0.3) is 0 Å². The number of halogens is 5. The average Bonchev–Trinajstić information content (AvgIpc) is 2.33. The second-order valence-corrected chi connectivity index (χ2v) is 4.42. The maximum atomic E-state index is 13.2. The summed E-state index contributed by atoms with van der Waals surface area (Å²) in [6, 6.07) is 5.91. The minimum absolute atomic E-state index is 0.0466. The molecule has 7 heteroatoms. The third-order valence-electron chi connectivity index (χ3n) is 2.18. The molecule has 0 unspecified atom stereocenters. The lowest BCUT2D eigenvalue weighted by Gasteiger charge is -2.08. The van der Waals surface area contributed by atoms with Crippen molar-refractivity contribution in [2.45, 2.75) is 6.18 Å². The molecule has 0 saturated carbocycles. The minimum atomic E-state index is -4.45. The Kier molecular flexibility index (Phi) is 3.75. The molecule has 1 aromatic carbocycles. The third-order valence-corrected chi connectivity index (χ3v) is 2.82. The first-order chi connectivity index (χ1) is 8.86. The molecule has 1 aromatic heterocycles. The van der Waals surface area contributed by atoms with E-state index in [0.29, 0.717) is 6.20 Å². The summed E-state index contributed by atoms with van der Waals surface area (Å²) < 4.78 is 55.5. The van der Waals surface area contributed by atoms with E-state index in [1.165, 1.54) is 12.1 Å². The van der Waals surface area contributed by atoms with Gasteiger partial charge < -0.3 is 4.74 Å².